The van der Waals surface area contributed by atoms with Gasteiger partial charge in [-0.15, -0.1) is 0 Å². The SMILES string of the molecule is CCC(Oc1cccc(C)c1)C(=O)NC(C(=O)O)c1ccc2c(c1)CCO2. The number of fused-ring (bicyclic) bond motifs is 1. The molecule has 6 heteroatoms. The molecular weight excluding hydrogens is 346 g/mol. The molecule has 2 unspecified atom stereocenters. The molecule has 0 aromatic heterocycles. The number of amides is 1. The Labute approximate surface area is 158 Å². The summed E-state index contributed by atoms with van der Waals surface area (Å²) in [6.45, 7) is 4.35. The number of hydrogen-bond acceptors (Lipinski definition) is 4. The van der Waals surface area contributed by atoms with Crippen molar-refractivity contribution in [2.75, 3.05) is 6.61 Å². The maximum atomic E-state index is 12.7. The van der Waals surface area contributed by atoms with Gasteiger partial charge in [-0.3, -0.25) is 4.79 Å². The van der Waals surface area contributed by atoms with Crippen molar-refractivity contribution in [3.8, 4) is 11.5 Å². The van der Waals surface area contributed by atoms with Crippen LogP contribution in [0.2, 0.25) is 0 Å². The molecule has 6 nitrogen and oxygen atoms in total. The molecule has 1 amide bonds. The van der Waals surface area contributed by atoms with Gasteiger partial charge >= 0.3 is 5.97 Å². The topological polar surface area (TPSA) is 84.9 Å². The lowest BCUT2D eigenvalue weighted by Gasteiger charge is -2.21. The average Bonchev–Trinajstić information content (AvgIpc) is 3.11. The molecule has 0 radical (unpaired) electrons. The van der Waals surface area contributed by atoms with E-state index in [2.05, 4.69) is 5.32 Å². The van der Waals surface area contributed by atoms with Crippen LogP contribution in [-0.2, 0) is 16.0 Å². The molecule has 142 valence electrons. The molecule has 0 fully saturated rings. The zero-order valence-corrected chi connectivity index (χ0v) is 15.4. The standard InChI is InChI=1S/C21H23NO5/c1-3-17(27-16-6-4-5-13(2)11-16)20(23)22-19(21(24)25)15-7-8-18-14(12-15)9-10-26-18/h4-8,11-12,17,19H,3,9-10H2,1-2H3,(H,22,23)(H,24,25). The Morgan fingerprint density at radius 3 is 2.78 bits per heavy atom. The van der Waals surface area contributed by atoms with Crippen LogP contribution in [0.4, 0.5) is 0 Å². The van der Waals surface area contributed by atoms with E-state index in [9.17, 15) is 14.7 Å². The zero-order valence-electron chi connectivity index (χ0n) is 15.4. The van der Waals surface area contributed by atoms with Gasteiger partial charge in [0.2, 0.25) is 0 Å². The van der Waals surface area contributed by atoms with Crippen LogP contribution in [0.5, 0.6) is 11.5 Å². The minimum atomic E-state index is -1.14. The highest BCUT2D eigenvalue weighted by Crippen LogP contribution is 2.28. The van der Waals surface area contributed by atoms with Gasteiger partial charge < -0.3 is 19.9 Å². The number of rotatable bonds is 7. The summed E-state index contributed by atoms with van der Waals surface area (Å²) in [5, 5.41) is 12.2. The first kappa shape index (κ1) is 18.8. The normalized spacial score (nSPS) is 14.6. The lowest BCUT2D eigenvalue weighted by atomic mass is 10.0. The van der Waals surface area contributed by atoms with Gasteiger partial charge in [0.1, 0.15) is 11.5 Å². The van der Waals surface area contributed by atoms with Gasteiger partial charge in [-0.1, -0.05) is 25.1 Å². The van der Waals surface area contributed by atoms with E-state index in [0.29, 0.717) is 24.3 Å². The number of benzene rings is 2. The Kier molecular flexibility index (Phi) is 5.64. The summed E-state index contributed by atoms with van der Waals surface area (Å²) >= 11 is 0. The molecule has 2 atom stereocenters. The first-order valence-electron chi connectivity index (χ1n) is 9.00. The summed E-state index contributed by atoms with van der Waals surface area (Å²) in [7, 11) is 0. The van der Waals surface area contributed by atoms with E-state index in [1.807, 2.05) is 32.0 Å². The molecule has 0 saturated carbocycles. The highest BCUT2D eigenvalue weighted by Gasteiger charge is 2.28. The molecular formula is C21H23NO5. The molecule has 2 aromatic carbocycles. The first-order chi connectivity index (χ1) is 13.0. The third-order valence-corrected chi connectivity index (χ3v) is 4.51. The van der Waals surface area contributed by atoms with Gasteiger partial charge in [-0.25, -0.2) is 4.79 Å². The number of ether oxygens (including phenoxy) is 2. The van der Waals surface area contributed by atoms with Crippen LogP contribution in [0.15, 0.2) is 42.5 Å². The van der Waals surface area contributed by atoms with Gasteiger partial charge in [-0.2, -0.15) is 0 Å². The maximum absolute atomic E-state index is 12.7. The number of carbonyl (C=O) groups is 2. The molecule has 27 heavy (non-hydrogen) atoms. The van der Waals surface area contributed by atoms with Crippen LogP contribution in [0.25, 0.3) is 0 Å². The van der Waals surface area contributed by atoms with Gasteiger partial charge in [0, 0.05) is 6.42 Å². The fraction of sp³-hybridized carbons (Fsp3) is 0.333. The average molecular weight is 369 g/mol. The smallest absolute Gasteiger partial charge is 0.330 e. The van der Waals surface area contributed by atoms with E-state index in [-0.39, 0.29) is 0 Å². The lowest BCUT2D eigenvalue weighted by Crippen LogP contribution is -2.42. The molecule has 1 aliphatic rings. The van der Waals surface area contributed by atoms with Crippen molar-refractivity contribution in [3.63, 3.8) is 0 Å². The van der Waals surface area contributed by atoms with Crippen LogP contribution >= 0.6 is 0 Å². The highest BCUT2D eigenvalue weighted by atomic mass is 16.5. The number of carboxylic acid groups (broad SMARTS) is 1. The summed E-state index contributed by atoms with van der Waals surface area (Å²) < 4.78 is 11.2. The van der Waals surface area contributed by atoms with Crippen molar-refractivity contribution in [1.82, 2.24) is 5.32 Å². The maximum Gasteiger partial charge on any atom is 0.330 e. The molecule has 1 aliphatic heterocycles. The number of nitrogens with one attached hydrogen (secondary N) is 1. The van der Waals surface area contributed by atoms with Gasteiger partial charge in [0.05, 0.1) is 6.61 Å². The number of aryl methyl sites for hydroxylation is 1. The predicted molar refractivity (Wildman–Crippen MR) is 100 cm³/mol. The summed E-state index contributed by atoms with van der Waals surface area (Å²) in [6, 6.07) is 11.5. The van der Waals surface area contributed by atoms with Crippen LogP contribution < -0.4 is 14.8 Å². The van der Waals surface area contributed by atoms with Crippen molar-refractivity contribution < 1.29 is 24.2 Å². The van der Waals surface area contributed by atoms with Crippen molar-refractivity contribution in [2.45, 2.75) is 38.8 Å². The molecule has 0 aliphatic carbocycles. The molecule has 2 aromatic rings. The Hall–Kier alpha value is -3.02. The summed E-state index contributed by atoms with van der Waals surface area (Å²) in [6.07, 6.45) is 0.383. The second-order valence-electron chi connectivity index (χ2n) is 6.58. The van der Waals surface area contributed by atoms with E-state index >= 15 is 0 Å². The minimum absolute atomic E-state index is 0.421. The van der Waals surface area contributed by atoms with Crippen LogP contribution in [0.1, 0.15) is 36.1 Å². The van der Waals surface area contributed by atoms with Gasteiger partial charge in [0.25, 0.3) is 5.91 Å². The number of aliphatic carboxylic acids is 1. The third kappa shape index (κ3) is 4.39. The minimum Gasteiger partial charge on any atom is -0.493 e. The number of hydrogen-bond donors (Lipinski definition) is 2. The van der Waals surface area contributed by atoms with E-state index in [0.717, 1.165) is 23.3 Å². The summed E-state index contributed by atoms with van der Waals surface area (Å²) in [4.78, 5) is 24.4. The summed E-state index contributed by atoms with van der Waals surface area (Å²) in [5.74, 6) is -0.224. The number of carbonyl (C=O) groups excluding carboxylic acids is 1. The predicted octanol–water partition coefficient (Wildman–Crippen LogP) is 3.03. The summed E-state index contributed by atoms with van der Waals surface area (Å²) in [5.41, 5.74) is 2.49. The van der Waals surface area contributed by atoms with Crippen LogP contribution in [0.3, 0.4) is 0 Å². The Bertz CT molecular complexity index is 848. The van der Waals surface area contributed by atoms with E-state index in [1.54, 1.807) is 24.3 Å². The molecule has 0 saturated heterocycles. The van der Waals surface area contributed by atoms with E-state index < -0.39 is 24.0 Å². The molecule has 1 heterocycles. The zero-order chi connectivity index (χ0) is 19.4. The quantitative estimate of drug-likeness (QED) is 0.784. The third-order valence-electron chi connectivity index (χ3n) is 4.51. The fourth-order valence-electron chi connectivity index (χ4n) is 3.08. The van der Waals surface area contributed by atoms with Crippen molar-refractivity contribution >= 4 is 11.9 Å². The molecule has 0 bridgehead atoms. The van der Waals surface area contributed by atoms with Crippen molar-refractivity contribution in [1.29, 1.82) is 0 Å². The second kappa shape index (κ2) is 8.12. The molecule has 0 spiro atoms. The van der Waals surface area contributed by atoms with Crippen molar-refractivity contribution in [2.24, 2.45) is 0 Å². The van der Waals surface area contributed by atoms with Crippen molar-refractivity contribution in [3.05, 3.63) is 59.2 Å². The van der Waals surface area contributed by atoms with E-state index in [1.165, 1.54) is 0 Å². The number of carboxylic acids is 1. The first-order valence-corrected chi connectivity index (χ1v) is 9.00. The highest BCUT2D eigenvalue weighted by molar-refractivity contribution is 5.87. The lowest BCUT2D eigenvalue weighted by molar-refractivity contribution is -0.143. The largest absolute Gasteiger partial charge is 0.493 e. The Morgan fingerprint density at radius 2 is 2.07 bits per heavy atom. The van der Waals surface area contributed by atoms with Crippen LogP contribution in [-0.4, -0.2) is 29.7 Å². The van der Waals surface area contributed by atoms with Gasteiger partial charge in [-0.05, 0) is 54.3 Å². The van der Waals surface area contributed by atoms with Gasteiger partial charge in [0.15, 0.2) is 12.1 Å². The fourth-order valence-corrected chi connectivity index (χ4v) is 3.08. The molecule has 3 rings (SSSR count). The monoisotopic (exact) mass is 369 g/mol. The second-order valence-corrected chi connectivity index (χ2v) is 6.58. The molecule has 2 N–H and O–H groups in total. The Morgan fingerprint density at radius 1 is 1.26 bits per heavy atom. The van der Waals surface area contributed by atoms with E-state index in [4.69, 9.17) is 9.47 Å². The van der Waals surface area contributed by atoms with Crippen LogP contribution in [0, 0.1) is 6.92 Å². The Balaban J connectivity index is 1.75.